The van der Waals surface area contributed by atoms with E-state index in [1.807, 2.05) is 25.1 Å². The Hall–Kier alpha value is -2.30. The number of nitrogens with zero attached hydrogens (tertiary/aromatic N) is 2. The van der Waals surface area contributed by atoms with E-state index in [9.17, 15) is 9.18 Å². The number of piperidine rings is 1. The van der Waals surface area contributed by atoms with Crippen LogP contribution in [0.3, 0.4) is 0 Å². The van der Waals surface area contributed by atoms with Crippen molar-refractivity contribution in [2.45, 2.75) is 38.8 Å². The van der Waals surface area contributed by atoms with Crippen molar-refractivity contribution in [1.29, 1.82) is 0 Å². The maximum Gasteiger partial charge on any atom is 0.409 e. The number of aliphatic imine (C=N–C) groups is 1. The Morgan fingerprint density at radius 3 is 2.77 bits per heavy atom. The van der Waals surface area contributed by atoms with Crippen molar-refractivity contribution in [2.75, 3.05) is 26.2 Å². The molecule has 1 saturated heterocycles. The smallest absolute Gasteiger partial charge is 0.409 e. The predicted molar refractivity (Wildman–Crippen MR) is 128 cm³/mol. The van der Waals surface area contributed by atoms with Crippen molar-refractivity contribution in [3.05, 3.63) is 59.8 Å². The molecular weight excluding hydrogens is 514 g/mol. The molecule has 7 nitrogen and oxygen atoms in total. The van der Waals surface area contributed by atoms with E-state index in [0.29, 0.717) is 38.7 Å². The largest absolute Gasteiger partial charge is 0.469 e. The second-order valence-corrected chi connectivity index (χ2v) is 7.16. The highest BCUT2D eigenvalue weighted by atomic mass is 127. The fraction of sp³-hybridized carbons (Fsp3) is 0.455. The van der Waals surface area contributed by atoms with Crippen LogP contribution in [0.5, 0.6) is 0 Å². The zero-order valence-electron chi connectivity index (χ0n) is 17.7. The van der Waals surface area contributed by atoms with Crippen molar-refractivity contribution in [3.63, 3.8) is 0 Å². The van der Waals surface area contributed by atoms with Crippen molar-refractivity contribution >= 4 is 36.0 Å². The van der Waals surface area contributed by atoms with Gasteiger partial charge in [-0.1, -0.05) is 12.1 Å². The summed E-state index contributed by atoms with van der Waals surface area (Å²) < 4.78 is 23.9. The predicted octanol–water partition coefficient (Wildman–Crippen LogP) is 3.94. The maximum absolute atomic E-state index is 13.4. The number of halogens is 2. The normalized spacial score (nSPS) is 14.6. The van der Waals surface area contributed by atoms with Gasteiger partial charge in [0, 0.05) is 32.1 Å². The molecule has 0 atom stereocenters. The van der Waals surface area contributed by atoms with Crippen LogP contribution in [0.1, 0.15) is 31.1 Å². The third kappa shape index (κ3) is 8.39. The third-order valence-electron chi connectivity index (χ3n) is 4.91. The lowest BCUT2D eigenvalue weighted by Crippen LogP contribution is -2.50. The van der Waals surface area contributed by atoms with Gasteiger partial charge in [-0.2, -0.15) is 0 Å². The number of furan rings is 1. The molecule has 0 aliphatic carbocycles. The summed E-state index contributed by atoms with van der Waals surface area (Å²) in [7, 11) is 0. The van der Waals surface area contributed by atoms with Gasteiger partial charge in [0.2, 0.25) is 0 Å². The van der Waals surface area contributed by atoms with Gasteiger partial charge in [0.05, 0.1) is 19.4 Å². The Bertz CT molecular complexity index is 824. The van der Waals surface area contributed by atoms with Crippen LogP contribution in [0, 0.1) is 5.82 Å². The maximum atomic E-state index is 13.4. The fourth-order valence-electron chi connectivity index (χ4n) is 3.33. The van der Waals surface area contributed by atoms with Gasteiger partial charge in [-0.25, -0.2) is 14.2 Å². The van der Waals surface area contributed by atoms with Gasteiger partial charge >= 0.3 is 6.09 Å². The number of guanidine groups is 1. The van der Waals surface area contributed by atoms with Gasteiger partial charge in [-0.15, -0.1) is 24.0 Å². The second-order valence-electron chi connectivity index (χ2n) is 7.16. The van der Waals surface area contributed by atoms with Crippen LogP contribution in [0.2, 0.25) is 0 Å². The Kier molecular flexibility index (Phi) is 10.6. The molecule has 1 aromatic carbocycles. The van der Waals surface area contributed by atoms with Crippen LogP contribution < -0.4 is 10.6 Å². The number of rotatable bonds is 7. The van der Waals surface area contributed by atoms with E-state index in [2.05, 4.69) is 15.6 Å². The molecule has 2 N–H and O–H groups in total. The Morgan fingerprint density at radius 2 is 2.10 bits per heavy atom. The van der Waals surface area contributed by atoms with Gasteiger partial charge in [0.1, 0.15) is 11.6 Å². The summed E-state index contributed by atoms with van der Waals surface area (Å²) in [5.74, 6) is 1.30. The lowest BCUT2D eigenvalue weighted by Gasteiger charge is -2.32. The summed E-state index contributed by atoms with van der Waals surface area (Å²) in [4.78, 5) is 18.2. The molecule has 170 valence electrons. The van der Waals surface area contributed by atoms with Crippen LogP contribution in [0.25, 0.3) is 0 Å². The van der Waals surface area contributed by atoms with Crippen molar-refractivity contribution in [3.8, 4) is 0 Å². The zero-order chi connectivity index (χ0) is 21.2. The van der Waals surface area contributed by atoms with Crippen molar-refractivity contribution in [1.82, 2.24) is 15.5 Å². The second kappa shape index (κ2) is 13.2. The molecule has 0 spiro atoms. The summed E-state index contributed by atoms with van der Waals surface area (Å²) in [5.41, 5.74) is 0.805. The number of carbonyl (C=O) groups is 1. The minimum atomic E-state index is -0.269. The first-order valence-electron chi connectivity index (χ1n) is 10.4. The number of hydrogen-bond acceptors (Lipinski definition) is 4. The topological polar surface area (TPSA) is 79.1 Å². The average molecular weight is 544 g/mol. The van der Waals surface area contributed by atoms with E-state index in [0.717, 1.165) is 30.6 Å². The van der Waals surface area contributed by atoms with Gasteiger partial charge in [0.15, 0.2) is 5.96 Å². The summed E-state index contributed by atoms with van der Waals surface area (Å²) in [5, 5.41) is 6.77. The standard InChI is InChI=1S/C22H29FN4O3.HI/c1-2-29-22(28)27-12-9-19(10-13-27)26-21(24-11-8-20-7-4-14-30-20)25-16-17-5-3-6-18(23)15-17;/h3-7,14-15,19H,2,8-13,16H2,1H3,(H2,24,25,26);1H. The van der Waals surface area contributed by atoms with E-state index in [1.165, 1.54) is 12.1 Å². The molecule has 0 unspecified atom stereocenters. The molecule has 1 fully saturated rings. The number of nitrogens with one attached hydrogen (secondary N) is 2. The molecule has 1 aromatic heterocycles. The van der Waals surface area contributed by atoms with Crippen LogP contribution in [-0.2, 0) is 17.7 Å². The summed E-state index contributed by atoms with van der Waals surface area (Å²) in [6.45, 7) is 4.50. The van der Waals surface area contributed by atoms with Crippen molar-refractivity contribution < 1.29 is 18.3 Å². The van der Waals surface area contributed by atoms with Crippen molar-refractivity contribution in [2.24, 2.45) is 4.99 Å². The Morgan fingerprint density at radius 1 is 1.29 bits per heavy atom. The van der Waals surface area contributed by atoms with E-state index < -0.39 is 0 Å². The third-order valence-corrected chi connectivity index (χ3v) is 4.91. The molecule has 0 saturated carbocycles. The first-order chi connectivity index (χ1) is 14.6. The molecule has 31 heavy (non-hydrogen) atoms. The molecule has 1 aliphatic rings. The van der Waals surface area contributed by atoms with E-state index in [-0.39, 0.29) is 41.9 Å². The number of hydrogen-bond donors (Lipinski definition) is 2. The minimum Gasteiger partial charge on any atom is -0.469 e. The van der Waals surface area contributed by atoms with E-state index in [4.69, 9.17) is 9.15 Å². The molecular formula is C22H30FIN4O3. The Balaban J connectivity index is 0.00000341. The van der Waals surface area contributed by atoms with Gasteiger partial charge in [-0.3, -0.25) is 0 Å². The molecule has 0 bridgehead atoms. The molecule has 3 rings (SSSR count). The quantitative estimate of drug-likeness (QED) is 0.314. The number of amides is 1. The first-order valence-corrected chi connectivity index (χ1v) is 10.4. The lowest BCUT2D eigenvalue weighted by molar-refractivity contribution is 0.0963. The highest BCUT2D eigenvalue weighted by molar-refractivity contribution is 14.0. The average Bonchev–Trinajstić information content (AvgIpc) is 3.26. The lowest BCUT2D eigenvalue weighted by atomic mass is 10.1. The molecule has 9 heteroatoms. The fourth-order valence-corrected chi connectivity index (χ4v) is 3.33. The summed E-state index contributed by atoms with van der Waals surface area (Å²) in [6, 6.07) is 10.4. The van der Waals surface area contributed by atoms with Crippen LogP contribution in [-0.4, -0.2) is 49.2 Å². The van der Waals surface area contributed by atoms with E-state index in [1.54, 1.807) is 17.2 Å². The number of carbonyl (C=O) groups excluding carboxylic acids is 1. The van der Waals surface area contributed by atoms with Gasteiger partial charge < -0.3 is 24.7 Å². The van der Waals surface area contributed by atoms with Crippen LogP contribution in [0.4, 0.5) is 9.18 Å². The number of likely N-dealkylation sites (tertiary alicyclic amines) is 1. The monoisotopic (exact) mass is 544 g/mol. The SMILES string of the molecule is CCOC(=O)N1CCC(NC(=NCc2cccc(F)c2)NCCc2ccco2)CC1.I. The van der Waals surface area contributed by atoms with Crippen LogP contribution >= 0.6 is 24.0 Å². The van der Waals surface area contributed by atoms with Crippen LogP contribution in [0.15, 0.2) is 52.1 Å². The van der Waals surface area contributed by atoms with E-state index >= 15 is 0 Å². The molecule has 1 aliphatic heterocycles. The highest BCUT2D eigenvalue weighted by Crippen LogP contribution is 2.12. The molecule has 0 radical (unpaired) electrons. The minimum absolute atomic E-state index is 0. The first kappa shape index (κ1) is 25.0. The molecule has 2 heterocycles. The number of benzene rings is 1. The molecule has 2 aromatic rings. The zero-order valence-corrected chi connectivity index (χ0v) is 20.0. The summed E-state index contributed by atoms with van der Waals surface area (Å²) >= 11 is 0. The van der Waals surface area contributed by atoms with Gasteiger partial charge in [0.25, 0.3) is 0 Å². The summed E-state index contributed by atoms with van der Waals surface area (Å²) in [6.07, 6.45) is 3.74. The highest BCUT2D eigenvalue weighted by Gasteiger charge is 2.24. The number of ether oxygens (including phenoxy) is 1. The van der Waals surface area contributed by atoms with Gasteiger partial charge in [-0.05, 0) is 49.6 Å². The Labute approximate surface area is 199 Å². The molecule has 1 amide bonds.